The molecule has 106 valence electrons. The lowest BCUT2D eigenvalue weighted by Gasteiger charge is -2.11. The van der Waals surface area contributed by atoms with Crippen molar-refractivity contribution >= 4 is 5.69 Å². The Morgan fingerprint density at radius 1 is 1.05 bits per heavy atom. The van der Waals surface area contributed by atoms with Crippen LogP contribution < -0.4 is 5.73 Å². The zero-order valence-corrected chi connectivity index (χ0v) is 12.3. The van der Waals surface area contributed by atoms with Crippen LogP contribution in [-0.2, 0) is 0 Å². The fourth-order valence-electron chi connectivity index (χ4n) is 2.36. The highest BCUT2D eigenvalue weighted by atomic mass is 15.5. The fraction of sp³-hybridized carbons (Fsp3) is 0.188. The number of aromatic nitrogens is 4. The maximum atomic E-state index is 5.99. The van der Waals surface area contributed by atoms with Crippen molar-refractivity contribution in [1.29, 1.82) is 0 Å². The van der Waals surface area contributed by atoms with Gasteiger partial charge in [0.2, 0.25) is 0 Å². The van der Waals surface area contributed by atoms with Crippen LogP contribution in [0.3, 0.4) is 0 Å². The molecule has 0 fully saturated rings. The Morgan fingerprint density at radius 3 is 2.67 bits per heavy atom. The Bertz CT molecular complexity index is 788. The highest BCUT2D eigenvalue weighted by Crippen LogP contribution is 2.27. The van der Waals surface area contributed by atoms with E-state index in [1.807, 2.05) is 32.0 Å². The normalized spacial score (nSPS) is 10.8. The predicted molar refractivity (Wildman–Crippen MR) is 83.2 cm³/mol. The molecule has 1 heterocycles. The summed E-state index contributed by atoms with van der Waals surface area (Å²) in [5.74, 6) is 0.702. The summed E-state index contributed by atoms with van der Waals surface area (Å²) < 4.78 is 1.77. The van der Waals surface area contributed by atoms with E-state index in [2.05, 4.69) is 40.6 Å². The monoisotopic (exact) mass is 279 g/mol. The van der Waals surface area contributed by atoms with Gasteiger partial charge in [0.1, 0.15) is 0 Å². The molecule has 0 bridgehead atoms. The third-order valence-electron chi connectivity index (χ3n) is 3.68. The van der Waals surface area contributed by atoms with Crippen molar-refractivity contribution in [1.82, 2.24) is 20.2 Å². The van der Waals surface area contributed by atoms with E-state index in [9.17, 15) is 0 Å². The molecule has 3 rings (SSSR count). The van der Waals surface area contributed by atoms with Crippen LogP contribution in [0.2, 0.25) is 0 Å². The van der Waals surface area contributed by atoms with Gasteiger partial charge >= 0.3 is 0 Å². The molecule has 0 unspecified atom stereocenters. The molecule has 0 amide bonds. The third kappa shape index (κ3) is 2.27. The quantitative estimate of drug-likeness (QED) is 0.732. The largest absolute Gasteiger partial charge is 0.398 e. The summed E-state index contributed by atoms with van der Waals surface area (Å²) in [6.45, 7) is 6.08. The standard InChI is InChI=1S/C16H17N5/c1-10-7-8-11(2)15(9-10)21-16(18-19-20-21)13-5-4-6-14(17)12(13)3/h4-9H,17H2,1-3H3. The number of hydrogen-bond donors (Lipinski definition) is 1. The number of benzene rings is 2. The van der Waals surface area contributed by atoms with Gasteiger partial charge in [0, 0.05) is 11.3 Å². The van der Waals surface area contributed by atoms with Gasteiger partial charge in [-0.1, -0.05) is 24.3 Å². The summed E-state index contributed by atoms with van der Waals surface area (Å²) in [5.41, 5.74) is 11.9. The molecular weight excluding hydrogens is 262 g/mol. The van der Waals surface area contributed by atoms with Gasteiger partial charge in [-0.2, -0.15) is 4.68 Å². The van der Waals surface area contributed by atoms with Crippen molar-refractivity contribution < 1.29 is 0 Å². The van der Waals surface area contributed by atoms with Gasteiger partial charge in [-0.05, 0) is 60.0 Å². The SMILES string of the molecule is Cc1ccc(C)c(-n2nnnc2-c2cccc(N)c2C)c1. The summed E-state index contributed by atoms with van der Waals surface area (Å²) >= 11 is 0. The van der Waals surface area contributed by atoms with Gasteiger partial charge in [-0.25, -0.2) is 0 Å². The van der Waals surface area contributed by atoms with Crippen LogP contribution >= 0.6 is 0 Å². The number of nitrogens with zero attached hydrogens (tertiary/aromatic N) is 4. The molecule has 2 aromatic carbocycles. The topological polar surface area (TPSA) is 69.6 Å². The number of tetrazole rings is 1. The Morgan fingerprint density at radius 2 is 1.86 bits per heavy atom. The second-order valence-corrected chi connectivity index (χ2v) is 5.22. The minimum Gasteiger partial charge on any atom is -0.398 e. The van der Waals surface area contributed by atoms with E-state index in [-0.39, 0.29) is 0 Å². The average Bonchev–Trinajstić information content (AvgIpc) is 2.93. The van der Waals surface area contributed by atoms with Crippen molar-refractivity contribution in [2.45, 2.75) is 20.8 Å². The van der Waals surface area contributed by atoms with Crippen molar-refractivity contribution in [2.75, 3.05) is 5.73 Å². The van der Waals surface area contributed by atoms with Crippen LogP contribution in [0.15, 0.2) is 36.4 Å². The van der Waals surface area contributed by atoms with E-state index < -0.39 is 0 Å². The zero-order chi connectivity index (χ0) is 15.0. The summed E-state index contributed by atoms with van der Waals surface area (Å²) in [5, 5.41) is 12.2. The smallest absolute Gasteiger partial charge is 0.187 e. The van der Waals surface area contributed by atoms with Gasteiger partial charge in [0.05, 0.1) is 5.69 Å². The van der Waals surface area contributed by atoms with Crippen molar-refractivity contribution in [3.63, 3.8) is 0 Å². The highest BCUT2D eigenvalue weighted by molar-refractivity contribution is 5.69. The number of rotatable bonds is 2. The van der Waals surface area contributed by atoms with Gasteiger partial charge < -0.3 is 5.73 Å². The van der Waals surface area contributed by atoms with E-state index in [4.69, 9.17) is 5.73 Å². The Labute approximate surface area is 123 Å². The van der Waals surface area contributed by atoms with E-state index in [0.29, 0.717) is 5.82 Å². The van der Waals surface area contributed by atoms with Crippen LogP contribution in [0.4, 0.5) is 5.69 Å². The average molecular weight is 279 g/mol. The summed E-state index contributed by atoms with van der Waals surface area (Å²) in [7, 11) is 0. The van der Waals surface area contributed by atoms with Crippen LogP contribution in [0, 0.1) is 20.8 Å². The lowest BCUT2D eigenvalue weighted by molar-refractivity contribution is 0.786. The van der Waals surface area contributed by atoms with E-state index in [0.717, 1.165) is 28.1 Å². The Kier molecular flexibility index (Phi) is 3.17. The van der Waals surface area contributed by atoms with Crippen LogP contribution in [0.5, 0.6) is 0 Å². The second-order valence-electron chi connectivity index (χ2n) is 5.22. The minimum atomic E-state index is 0.702. The molecule has 5 heteroatoms. The molecule has 2 N–H and O–H groups in total. The number of nitrogens with two attached hydrogens (primary N) is 1. The molecule has 0 aliphatic heterocycles. The molecule has 0 atom stereocenters. The minimum absolute atomic E-state index is 0.702. The van der Waals surface area contributed by atoms with Crippen molar-refractivity contribution in [2.24, 2.45) is 0 Å². The molecule has 5 nitrogen and oxygen atoms in total. The first-order valence-electron chi connectivity index (χ1n) is 6.79. The van der Waals surface area contributed by atoms with Crippen molar-refractivity contribution in [3.8, 4) is 17.1 Å². The van der Waals surface area contributed by atoms with Crippen LogP contribution in [0.25, 0.3) is 17.1 Å². The zero-order valence-electron chi connectivity index (χ0n) is 12.3. The molecule has 0 saturated carbocycles. The molecule has 0 spiro atoms. The maximum Gasteiger partial charge on any atom is 0.187 e. The predicted octanol–water partition coefficient (Wildman–Crippen LogP) is 2.84. The summed E-state index contributed by atoms with van der Waals surface area (Å²) in [6.07, 6.45) is 0. The molecule has 0 saturated heterocycles. The number of aryl methyl sites for hydroxylation is 2. The molecular formula is C16H17N5. The van der Waals surface area contributed by atoms with Gasteiger partial charge in [-0.15, -0.1) is 5.10 Å². The fourth-order valence-corrected chi connectivity index (χ4v) is 2.36. The molecule has 1 aromatic heterocycles. The van der Waals surface area contributed by atoms with Crippen LogP contribution in [0.1, 0.15) is 16.7 Å². The Balaban J connectivity index is 2.22. The molecule has 0 aliphatic carbocycles. The lowest BCUT2D eigenvalue weighted by atomic mass is 10.1. The van der Waals surface area contributed by atoms with Crippen LogP contribution in [-0.4, -0.2) is 20.2 Å². The highest BCUT2D eigenvalue weighted by Gasteiger charge is 2.15. The second kappa shape index (κ2) is 5.01. The van der Waals surface area contributed by atoms with E-state index in [1.54, 1.807) is 4.68 Å². The number of hydrogen-bond acceptors (Lipinski definition) is 4. The van der Waals surface area contributed by atoms with Gasteiger partial charge in [-0.3, -0.25) is 0 Å². The van der Waals surface area contributed by atoms with Crippen molar-refractivity contribution in [3.05, 3.63) is 53.1 Å². The molecule has 21 heavy (non-hydrogen) atoms. The number of nitrogen functional groups attached to an aromatic ring is 1. The first kappa shape index (κ1) is 13.3. The first-order valence-corrected chi connectivity index (χ1v) is 6.79. The van der Waals surface area contributed by atoms with E-state index in [1.165, 1.54) is 5.56 Å². The van der Waals surface area contributed by atoms with E-state index >= 15 is 0 Å². The summed E-state index contributed by atoms with van der Waals surface area (Å²) in [6, 6.07) is 12.0. The molecule has 0 aliphatic rings. The first-order chi connectivity index (χ1) is 10.1. The van der Waals surface area contributed by atoms with Gasteiger partial charge in [0.25, 0.3) is 0 Å². The molecule has 0 radical (unpaired) electrons. The van der Waals surface area contributed by atoms with Gasteiger partial charge in [0.15, 0.2) is 5.82 Å². The third-order valence-corrected chi connectivity index (χ3v) is 3.68. The maximum absolute atomic E-state index is 5.99. The number of anilines is 1. The Hall–Kier alpha value is -2.69. The molecule has 3 aromatic rings. The summed E-state index contributed by atoms with van der Waals surface area (Å²) in [4.78, 5) is 0. The lowest BCUT2D eigenvalue weighted by Crippen LogP contribution is -2.04.